The minimum absolute atomic E-state index is 0.0585. The molecule has 4 nitrogen and oxygen atoms in total. The maximum Gasteiger partial charge on any atom is 0.491 e. The summed E-state index contributed by atoms with van der Waals surface area (Å²) in [5, 5.41) is 1.61. The maximum absolute atomic E-state index is 11.5. The molecule has 0 atom stereocenters. The number of aromatic nitrogens is 1. The summed E-state index contributed by atoms with van der Waals surface area (Å²) in [4.78, 5) is 15.9. The molecule has 1 aliphatic rings. The summed E-state index contributed by atoms with van der Waals surface area (Å²) in [5.41, 5.74) is 1.84. The van der Waals surface area contributed by atoms with Crippen molar-refractivity contribution in [1.82, 2.24) is 4.98 Å². The van der Waals surface area contributed by atoms with Crippen molar-refractivity contribution in [2.45, 2.75) is 45.8 Å². The van der Waals surface area contributed by atoms with Gasteiger partial charge >= 0.3 is 7.12 Å². The van der Waals surface area contributed by atoms with Gasteiger partial charge in [0.1, 0.15) is 0 Å². The van der Waals surface area contributed by atoms with Crippen LogP contribution in [0.1, 0.15) is 40.2 Å². The molecular formula is C20H23BClNO3S. The lowest BCUT2D eigenvalue weighted by Gasteiger charge is -2.32. The molecule has 0 spiro atoms. The molecule has 0 amide bonds. The zero-order valence-corrected chi connectivity index (χ0v) is 17.8. The molecule has 0 saturated carbocycles. The van der Waals surface area contributed by atoms with E-state index in [2.05, 4.69) is 4.98 Å². The van der Waals surface area contributed by atoms with Crippen molar-refractivity contribution in [2.24, 2.45) is 0 Å². The van der Waals surface area contributed by atoms with Crippen LogP contribution in [0.15, 0.2) is 35.9 Å². The molecule has 7 heteroatoms. The van der Waals surface area contributed by atoms with Crippen LogP contribution in [0.2, 0.25) is 5.02 Å². The van der Waals surface area contributed by atoms with E-state index >= 15 is 0 Å². The summed E-state index contributed by atoms with van der Waals surface area (Å²) in [6.07, 6.45) is 3.71. The number of carbonyl (C=O) groups excluding carboxylic acids is 1. The lowest BCUT2D eigenvalue weighted by atomic mass is 9.78. The Morgan fingerprint density at radius 3 is 2.52 bits per heavy atom. The van der Waals surface area contributed by atoms with Crippen LogP contribution in [-0.4, -0.2) is 34.2 Å². The van der Waals surface area contributed by atoms with E-state index in [9.17, 15) is 4.79 Å². The minimum Gasteiger partial charge on any atom is -0.400 e. The average molecular weight is 404 g/mol. The summed E-state index contributed by atoms with van der Waals surface area (Å²) in [6.45, 7) is 9.64. The van der Waals surface area contributed by atoms with Gasteiger partial charge in [0.25, 0.3) is 0 Å². The van der Waals surface area contributed by atoms with E-state index in [1.54, 1.807) is 19.2 Å². The normalized spacial score (nSPS) is 18.9. The molecule has 3 rings (SSSR count). The van der Waals surface area contributed by atoms with Gasteiger partial charge in [0.05, 0.1) is 21.7 Å². The Bertz CT molecular complexity index is 897. The zero-order valence-electron chi connectivity index (χ0n) is 16.2. The van der Waals surface area contributed by atoms with Gasteiger partial charge in [-0.3, -0.25) is 9.78 Å². The van der Waals surface area contributed by atoms with Crippen molar-refractivity contribution in [2.75, 3.05) is 5.75 Å². The fraction of sp³-hybridized carbons (Fsp3) is 0.400. The van der Waals surface area contributed by atoms with Gasteiger partial charge < -0.3 is 9.31 Å². The van der Waals surface area contributed by atoms with E-state index < -0.39 is 18.3 Å². The van der Waals surface area contributed by atoms with Crippen LogP contribution >= 0.6 is 23.4 Å². The van der Waals surface area contributed by atoms with Crippen LogP contribution in [0.5, 0.6) is 0 Å². The van der Waals surface area contributed by atoms with Crippen LogP contribution < -0.4 is 0 Å². The highest BCUT2D eigenvalue weighted by atomic mass is 35.5. The number of fused-ring (bicyclic) bond motifs is 1. The first-order valence-corrected chi connectivity index (χ1v) is 10.2. The summed E-state index contributed by atoms with van der Waals surface area (Å²) in [6, 6.07) is 7.69. The molecule has 1 saturated heterocycles. The number of benzene rings is 1. The summed E-state index contributed by atoms with van der Waals surface area (Å²) < 4.78 is 12.4. The molecule has 0 unspecified atom stereocenters. The number of carbonyl (C=O) groups is 1. The van der Waals surface area contributed by atoms with Gasteiger partial charge in [0, 0.05) is 24.3 Å². The van der Waals surface area contributed by atoms with Crippen molar-refractivity contribution in [3.05, 3.63) is 46.5 Å². The Hall–Kier alpha value is -1.34. The molecular weight excluding hydrogens is 381 g/mol. The summed E-state index contributed by atoms with van der Waals surface area (Å²) >= 11 is 7.56. The Labute approximate surface area is 169 Å². The zero-order chi connectivity index (χ0) is 19.8. The van der Waals surface area contributed by atoms with E-state index in [4.69, 9.17) is 20.9 Å². The third-order valence-electron chi connectivity index (χ3n) is 5.06. The first-order valence-electron chi connectivity index (χ1n) is 8.83. The molecule has 27 heavy (non-hydrogen) atoms. The Balaban J connectivity index is 1.98. The van der Waals surface area contributed by atoms with E-state index in [0.29, 0.717) is 10.8 Å². The van der Waals surface area contributed by atoms with Crippen LogP contribution in [0.3, 0.4) is 0 Å². The SMILES string of the molecule is CC(=O)SCC(=Cc1ccc2nccc(Cl)c2c1)B1OC(C)(C)C(C)(C)O1. The first kappa shape index (κ1) is 20.4. The number of thioether (sulfide) groups is 1. The van der Waals surface area contributed by atoms with Crippen molar-refractivity contribution < 1.29 is 14.1 Å². The standard InChI is InChI=1S/C20H23BClNO3S/c1-13(24)27-12-15(21-25-19(2,3)20(4,5)26-21)10-14-6-7-18-16(11-14)17(22)8-9-23-18/h6-11H,12H2,1-5H3. The predicted octanol–water partition coefficient (Wildman–Crippen LogP) is 5.18. The minimum atomic E-state index is -0.498. The number of rotatable bonds is 4. The van der Waals surface area contributed by atoms with Crippen LogP contribution in [-0.2, 0) is 14.1 Å². The molecule has 1 aliphatic heterocycles. The molecule has 1 aromatic carbocycles. The van der Waals surface area contributed by atoms with E-state index in [0.717, 1.165) is 21.9 Å². The van der Waals surface area contributed by atoms with Gasteiger partial charge in [0.2, 0.25) is 0 Å². The number of halogens is 1. The molecule has 0 radical (unpaired) electrons. The topological polar surface area (TPSA) is 48.4 Å². The molecule has 1 aromatic heterocycles. The van der Waals surface area contributed by atoms with Gasteiger partial charge in [-0.05, 0) is 56.9 Å². The van der Waals surface area contributed by atoms with Crippen molar-refractivity contribution in [3.8, 4) is 0 Å². The summed E-state index contributed by atoms with van der Waals surface area (Å²) in [7, 11) is -0.498. The fourth-order valence-corrected chi connectivity index (χ4v) is 3.59. The molecule has 1 fully saturated rings. The summed E-state index contributed by atoms with van der Waals surface area (Å²) in [5.74, 6) is 0.505. The van der Waals surface area contributed by atoms with Crippen LogP contribution in [0.25, 0.3) is 17.0 Å². The second-order valence-corrected chi connectivity index (χ2v) is 9.22. The number of hydrogen-bond acceptors (Lipinski definition) is 5. The Morgan fingerprint density at radius 1 is 1.22 bits per heavy atom. The quantitative estimate of drug-likeness (QED) is 0.658. The number of nitrogens with zero attached hydrogens (tertiary/aromatic N) is 1. The Kier molecular flexibility index (Phi) is 5.73. The Morgan fingerprint density at radius 2 is 1.89 bits per heavy atom. The first-order chi connectivity index (χ1) is 12.6. The second-order valence-electron chi connectivity index (χ2n) is 7.66. The molecule has 2 heterocycles. The second kappa shape index (κ2) is 7.59. The fourth-order valence-electron chi connectivity index (χ4n) is 2.79. The highest BCUT2D eigenvalue weighted by Gasteiger charge is 2.52. The lowest BCUT2D eigenvalue weighted by Crippen LogP contribution is -2.41. The van der Waals surface area contributed by atoms with Crippen LogP contribution in [0, 0.1) is 0 Å². The maximum atomic E-state index is 11.5. The molecule has 0 aliphatic carbocycles. The van der Waals surface area contributed by atoms with Crippen LogP contribution in [0.4, 0.5) is 0 Å². The highest BCUT2D eigenvalue weighted by molar-refractivity contribution is 8.13. The van der Waals surface area contributed by atoms with E-state index in [-0.39, 0.29) is 5.12 Å². The van der Waals surface area contributed by atoms with Crippen molar-refractivity contribution >= 4 is 52.6 Å². The monoisotopic (exact) mass is 403 g/mol. The van der Waals surface area contributed by atoms with Gasteiger partial charge in [-0.25, -0.2) is 0 Å². The average Bonchev–Trinajstić information content (AvgIpc) is 2.79. The van der Waals surface area contributed by atoms with Gasteiger partial charge in [0.15, 0.2) is 5.12 Å². The molecule has 0 bridgehead atoms. The molecule has 2 aromatic rings. The van der Waals surface area contributed by atoms with E-state index in [1.807, 2.05) is 52.0 Å². The number of hydrogen-bond donors (Lipinski definition) is 0. The van der Waals surface area contributed by atoms with Gasteiger partial charge in [-0.1, -0.05) is 35.5 Å². The third kappa shape index (κ3) is 4.40. The predicted molar refractivity (Wildman–Crippen MR) is 114 cm³/mol. The third-order valence-corrected chi connectivity index (χ3v) is 6.28. The highest BCUT2D eigenvalue weighted by Crippen LogP contribution is 2.39. The van der Waals surface area contributed by atoms with E-state index in [1.165, 1.54) is 11.8 Å². The smallest absolute Gasteiger partial charge is 0.400 e. The number of pyridine rings is 1. The molecule has 142 valence electrons. The molecule has 0 N–H and O–H groups in total. The van der Waals surface area contributed by atoms with Crippen molar-refractivity contribution in [1.29, 1.82) is 0 Å². The van der Waals surface area contributed by atoms with Crippen molar-refractivity contribution in [3.63, 3.8) is 0 Å². The van der Waals surface area contributed by atoms with Gasteiger partial charge in [-0.15, -0.1) is 0 Å². The van der Waals surface area contributed by atoms with Gasteiger partial charge in [-0.2, -0.15) is 0 Å². The largest absolute Gasteiger partial charge is 0.491 e. The lowest BCUT2D eigenvalue weighted by molar-refractivity contribution is -0.109.